The van der Waals surface area contributed by atoms with Crippen molar-refractivity contribution in [2.75, 3.05) is 5.73 Å². The van der Waals surface area contributed by atoms with Crippen molar-refractivity contribution in [2.24, 2.45) is 0 Å². The van der Waals surface area contributed by atoms with Crippen LogP contribution < -0.4 is 15.2 Å². The molecular weight excluding hydrogens is 254 g/mol. The molecule has 0 aliphatic heterocycles. The van der Waals surface area contributed by atoms with Crippen LogP contribution in [0.25, 0.3) is 0 Å². The third-order valence-electron chi connectivity index (χ3n) is 2.69. The van der Waals surface area contributed by atoms with Crippen LogP contribution in [0.3, 0.4) is 0 Å². The number of aliphatic hydroxyl groups is 1. The van der Waals surface area contributed by atoms with E-state index in [1.54, 1.807) is 18.2 Å². The predicted octanol–water partition coefficient (Wildman–Crippen LogP) is 3.34. The zero-order valence-electron chi connectivity index (χ0n) is 11.7. The summed E-state index contributed by atoms with van der Waals surface area (Å²) in [4.78, 5) is 0. The number of hydrogen-bond donors (Lipinski definition) is 2. The number of nitrogen functional groups attached to an aromatic ring is 1. The van der Waals surface area contributed by atoms with Gasteiger partial charge in [0.05, 0.1) is 18.4 Å². The fourth-order valence-electron chi connectivity index (χ4n) is 1.73. The van der Waals surface area contributed by atoms with Gasteiger partial charge in [-0.05, 0) is 43.7 Å². The zero-order valence-corrected chi connectivity index (χ0v) is 11.7. The molecule has 0 aliphatic carbocycles. The van der Waals surface area contributed by atoms with Gasteiger partial charge in [-0.1, -0.05) is 12.1 Å². The summed E-state index contributed by atoms with van der Waals surface area (Å²) in [6.45, 7) is 3.91. The Morgan fingerprint density at radius 1 is 1.05 bits per heavy atom. The van der Waals surface area contributed by atoms with E-state index >= 15 is 0 Å². The second-order valence-electron chi connectivity index (χ2n) is 4.77. The van der Waals surface area contributed by atoms with E-state index in [0.29, 0.717) is 22.9 Å². The molecule has 0 fully saturated rings. The van der Waals surface area contributed by atoms with E-state index in [1.807, 2.05) is 38.1 Å². The van der Waals surface area contributed by atoms with Crippen molar-refractivity contribution in [3.8, 4) is 17.2 Å². The number of aliphatic hydroxyl groups excluding tert-OH is 1. The predicted molar refractivity (Wildman–Crippen MR) is 79.1 cm³/mol. The quantitative estimate of drug-likeness (QED) is 0.820. The van der Waals surface area contributed by atoms with Gasteiger partial charge in [-0.25, -0.2) is 0 Å². The van der Waals surface area contributed by atoms with Crippen LogP contribution in [0.15, 0.2) is 42.5 Å². The fraction of sp³-hybridized carbons (Fsp3) is 0.250. The summed E-state index contributed by atoms with van der Waals surface area (Å²) < 4.78 is 11.4. The van der Waals surface area contributed by atoms with Crippen molar-refractivity contribution >= 4 is 5.69 Å². The van der Waals surface area contributed by atoms with E-state index in [2.05, 4.69) is 0 Å². The Morgan fingerprint density at radius 3 is 2.30 bits per heavy atom. The van der Waals surface area contributed by atoms with Crippen LogP contribution in [0.4, 0.5) is 5.69 Å². The molecule has 0 amide bonds. The average molecular weight is 273 g/mol. The molecule has 4 nitrogen and oxygen atoms in total. The lowest BCUT2D eigenvalue weighted by Crippen LogP contribution is -2.07. The summed E-state index contributed by atoms with van der Waals surface area (Å²) in [5.41, 5.74) is 7.29. The van der Waals surface area contributed by atoms with Crippen LogP contribution in [0, 0.1) is 0 Å². The summed E-state index contributed by atoms with van der Waals surface area (Å²) in [5, 5.41) is 9.00. The molecule has 3 N–H and O–H groups in total. The molecule has 0 heterocycles. The van der Waals surface area contributed by atoms with Crippen LogP contribution in [-0.2, 0) is 6.61 Å². The lowest BCUT2D eigenvalue weighted by atomic mass is 10.2. The van der Waals surface area contributed by atoms with E-state index in [0.717, 1.165) is 5.56 Å². The van der Waals surface area contributed by atoms with Crippen LogP contribution in [0.5, 0.6) is 17.2 Å². The van der Waals surface area contributed by atoms with Gasteiger partial charge in [-0.2, -0.15) is 0 Å². The molecule has 0 saturated heterocycles. The third-order valence-corrected chi connectivity index (χ3v) is 2.69. The first-order chi connectivity index (χ1) is 9.58. The maximum atomic E-state index is 9.00. The first kappa shape index (κ1) is 14.2. The van der Waals surface area contributed by atoms with Gasteiger partial charge in [0, 0.05) is 6.07 Å². The minimum atomic E-state index is 0.0223. The van der Waals surface area contributed by atoms with Gasteiger partial charge in [0.15, 0.2) is 0 Å². The summed E-state index contributed by atoms with van der Waals surface area (Å²) in [6, 6.07) is 12.6. The van der Waals surface area contributed by atoms with E-state index in [4.69, 9.17) is 20.3 Å². The van der Waals surface area contributed by atoms with Crippen molar-refractivity contribution in [3.63, 3.8) is 0 Å². The molecule has 20 heavy (non-hydrogen) atoms. The van der Waals surface area contributed by atoms with Gasteiger partial charge in [0.2, 0.25) is 0 Å². The molecule has 0 spiro atoms. The van der Waals surface area contributed by atoms with Crippen LogP contribution in [0.1, 0.15) is 19.4 Å². The van der Waals surface area contributed by atoms with E-state index in [-0.39, 0.29) is 12.7 Å². The highest BCUT2D eigenvalue weighted by Gasteiger charge is 2.06. The van der Waals surface area contributed by atoms with E-state index in [9.17, 15) is 0 Å². The molecule has 0 radical (unpaired) electrons. The Balaban J connectivity index is 2.16. The molecular formula is C16H19NO3. The first-order valence-electron chi connectivity index (χ1n) is 6.52. The van der Waals surface area contributed by atoms with E-state index < -0.39 is 0 Å². The lowest BCUT2D eigenvalue weighted by molar-refractivity contribution is 0.243. The van der Waals surface area contributed by atoms with Gasteiger partial charge < -0.3 is 20.3 Å². The second kappa shape index (κ2) is 6.30. The van der Waals surface area contributed by atoms with Gasteiger partial charge in [0.1, 0.15) is 17.2 Å². The largest absolute Gasteiger partial charge is 0.489 e. The molecule has 2 aromatic carbocycles. The normalized spacial score (nSPS) is 10.6. The van der Waals surface area contributed by atoms with Crippen LogP contribution >= 0.6 is 0 Å². The number of anilines is 1. The highest BCUT2D eigenvalue weighted by molar-refractivity contribution is 5.56. The molecule has 0 aliphatic rings. The van der Waals surface area contributed by atoms with Crippen LogP contribution in [0.2, 0.25) is 0 Å². The van der Waals surface area contributed by atoms with Gasteiger partial charge in [-0.15, -0.1) is 0 Å². The molecule has 2 aromatic rings. The molecule has 0 atom stereocenters. The van der Waals surface area contributed by atoms with Gasteiger partial charge >= 0.3 is 0 Å². The molecule has 106 valence electrons. The van der Waals surface area contributed by atoms with Crippen molar-refractivity contribution in [1.29, 1.82) is 0 Å². The van der Waals surface area contributed by atoms with Gasteiger partial charge in [-0.3, -0.25) is 0 Å². The monoisotopic (exact) mass is 273 g/mol. The minimum Gasteiger partial charge on any atom is -0.489 e. The number of benzene rings is 2. The number of rotatable bonds is 5. The molecule has 2 rings (SSSR count). The average Bonchev–Trinajstić information content (AvgIpc) is 2.43. The van der Waals surface area contributed by atoms with Crippen molar-refractivity contribution < 1.29 is 14.6 Å². The smallest absolute Gasteiger partial charge is 0.146 e. The number of nitrogens with two attached hydrogens (primary N) is 1. The Hall–Kier alpha value is -2.20. The summed E-state index contributed by atoms with van der Waals surface area (Å²) in [6.07, 6.45) is 0.0522. The molecule has 0 bridgehead atoms. The fourth-order valence-corrected chi connectivity index (χ4v) is 1.73. The summed E-state index contributed by atoms with van der Waals surface area (Å²) >= 11 is 0. The van der Waals surface area contributed by atoms with Gasteiger partial charge in [0.25, 0.3) is 0 Å². The van der Waals surface area contributed by atoms with E-state index in [1.165, 1.54) is 0 Å². The summed E-state index contributed by atoms with van der Waals surface area (Å²) in [7, 11) is 0. The number of ether oxygens (including phenoxy) is 2. The highest BCUT2D eigenvalue weighted by atomic mass is 16.5. The zero-order chi connectivity index (χ0) is 14.5. The third kappa shape index (κ3) is 3.65. The van der Waals surface area contributed by atoms with Crippen molar-refractivity contribution in [1.82, 2.24) is 0 Å². The molecule has 4 heteroatoms. The lowest BCUT2D eigenvalue weighted by Gasteiger charge is -2.14. The maximum Gasteiger partial charge on any atom is 0.146 e. The molecule has 0 aromatic heterocycles. The second-order valence-corrected chi connectivity index (χ2v) is 4.77. The Bertz CT molecular complexity index is 564. The Morgan fingerprint density at radius 2 is 1.70 bits per heavy atom. The maximum absolute atomic E-state index is 9.00. The molecule has 0 unspecified atom stereocenters. The summed E-state index contributed by atoms with van der Waals surface area (Å²) in [5.74, 6) is 1.97. The highest BCUT2D eigenvalue weighted by Crippen LogP contribution is 2.30. The minimum absolute atomic E-state index is 0.0223. The van der Waals surface area contributed by atoms with Crippen molar-refractivity contribution in [2.45, 2.75) is 26.6 Å². The van der Waals surface area contributed by atoms with Crippen molar-refractivity contribution in [3.05, 3.63) is 48.0 Å². The number of hydrogen-bond acceptors (Lipinski definition) is 4. The molecule has 0 saturated carbocycles. The Labute approximate surface area is 118 Å². The first-order valence-corrected chi connectivity index (χ1v) is 6.52. The van der Waals surface area contributed by atoms with Crippen LogP contribution in [-0.4, -0.2) is 11.2 Å². The standard InChI is InChI=1S/C16H19NO3/c1-11(2)19-16-9-14(7-8-15(16)17)20-13-5-3-12(10-18)4-6-13/h3-9,11,18H,10,17H2,1-2H3. The topological polar surface area (TPSA) is 64.7 Å². The SMILES string of the molecule is CC(C)Oc1cc(Oc2ccc(CO)cc2)ccc1N. The Kier molecular flexibility index (Phi) is 4.48.